The van der Waals surface area contributed by atoms with Crippen molar-refractivity contribution in [3.8, 4) is 0 Å². The second kappa shape index (κ2) is 9.92. The van der Waals surface area contributed by atoms with Crippen molar-refractivity contribution in [1.29, 1.82) is 0 Å². The molecule has 176 valence electrons. The molecule has 3 N–H and O–H groups in total. The summed E-state index contributed by atoms with van der Waals surface area (Å²) in [7, 11) is -3.82. The van der Waals surface area contributed by atoms with Gasteiger partial charge in [0, 0.05) is 17.5 Å². The number of hydrogen-bond donors (Lipinski definition) is 3. The summed E-state index contributed by atoms with van der Waals surface area (Å²) in [6.45, 7) is 1.70. The van der Waals surface area contributed by atoms with Crippen LogP contribution in [-0.4, -0.2) is 25.9 Å². The van der Waals surface area contributed by atoms with Crippen LogP contribution in [0, 0.1) is 6.92 Å². The van der Waals surface area contributed by atoms with Gasteiger partial charge in [0.05, 0.1) is 17.0 Å². The molecule has 4 rings (SSSR count). The molecule has 0 aliphatic heterocycles. The minimum Gasteiger partial charge on any atom is -0.455 e. The number of sulfonamides is 1. The maximum atomic E-state index is 12.7. The first-order chi connectivity index (χ1) is 16.3. The predicted octanol–water partition coefficient (Wildman–Crippen LogP) is 2.61. The standard InChI is InChI=1S/C24H24N4O5S/c1-16-22-19(25-28-34(31,32)18-11-6-3-7-12-18)13-8-14-20(22)33-23(16)24(30)27-26-21(29)15-17-9-4-2-5-10-17/h2-7,9-12,28H,8,13-15H2,1H3,(H,26,29)(H,27,30)/b25-19+. The molecule has 0 radical (unpaired) electrons. The van der Waals surface area contributed by atoms with Crippen LogP contribution in [0.15, 0.2) is 75.1 Å². The third-order valence-corrected chi connectivity index (χ3v) is 6.63. The highest BCUT2D eigenvalue weighted by molar-refractivity contribution is 7.89. The average molecular weight is 481 g/mol. The third kappa shape index (κ3) is 5.18. The van der Waals surface area contributed by atoms with Crippen LogP contribution in [0.4, 0.5) is 0 Å². The highest BCUT2D eigenvalue weighted by Crippen LogP contribution is 2.30. The molecular formula is C24H24N4O5S. The van der Waals surface area contributed by atoms with Crippen molar-refractivity contribution in [1.82, 2.24) is 15.7 Å². The number of benzene rings is 2. The van der Waals surface area contributed by atoms with Crippen LogP contribution < -0.4 is 15.7 Å². The Balaban J connectivity index is 1.47. The second-order valence-electron chi connectivity index (χ2n) is 7.84. The van der Waals surface area contributed by atoms with Gasteiger partial charge in [-0.25, -0.2) is 0 Å². The molecule has 1 aliphatic rings. The number of nitrogens with zero attached hydrogens (tertiary/aromatic N) is 1. The Labute approximate surface area is 197 Å². The van der Waals surface area contributed by atoms with Gasteiger partial charge in [-0.3, -0.25) is 20.4 Å². The van der Waals surface area contributed by atoms with Crippen molar-refractivity contribution in [2.24, 2.45) is 5.10 Å². The fourth-order valence-electron chi connectivity index (χ4n) is 3.77. The summed E-state index contributed by atoms with van der Waals surface area (Å²) < 4.78 is 30.8. The van der Waals surface area contributed by atoms with Crippen molar-refractivity contribution in [3.63, 3.8) is 0 Å². The number of carbonyl (C=O) groups excluding carboxylic acids is 2. The molecule has 2 aromatic carbocycles. The molecular weight excluding hydrogens is 456 g/mol. The fourth-order valence-corrected chi connectivity index (χ4v) is 4.62. The summed E-state index contributed by atoms with van der Waals surface area (Å²) in [4.78, 5) is 27.2. The van der Waals surface area contributed by atoms with Crippen LogP contribution >= 0.6 is 0 Å². The van der Waals surface area contributed by atoms with Gasteiger partial charge < -0.3 is 4.42 Å². The first kappa shape index (κ1) is 23.2. The third-order valence-electron chi connectivity index (χ3n) is 5.41. The van der Waals surface area contributed by atoms with Gasteiger partial charge in [0.1, 0.15) is 5.76 Å². The minimum atomic E-state index is -3.82. The van der Waals surface area contributed by atoms with E-state index in [2.05, 4.69) is 20.8 Å². The predicted molar refractivity (Wildman–Crippen MR) is 125 cm³/mol. The van der Waals surface area contributed by atoms with Crippen molar-refractivity contribution in [2.75, 3.05) is 0 Å². The Morgan fingerprint density at radius 3 is 2.35 bits per heavy atom. The van der Waals surface area contributed by atoms with Crippen molar-refractivity contribution in [3.05, 3.63) is 88.9 Å². The Morgan fingerprint density at radius 1 is 0.971 bits per heavy atom. The summed E-state index contributed by atoms with van der Waals surface area (Å²) in [6.07, 6.45) is 1.93. The van der Waals surface area contributed by atoms with E-state index in [0.717, 1.165) is 5.56 Å². The van der Waals surface area contributed by atoms with Crippen LogP contribution in [0.5, 0.6) is 0 Å². The smallest absolute Gasteiger partial charge is 0.305 e. The van der Waals surface area contributed by atoms with Gasteiger partial charge in [-0.2, -0.15) is 18.4 Å². The maximum Gasteiger partial charge on any atom is 0.305 e. The highest BCUT2D eigenvalue weighted by atomic mass is 32.2. The SMILES string of the molecule is Cc1c(C(=O)NNC(=O)Cc2ccccc2)oc2c1/C(=N/NS(=O)(=O)c1ccccc1)CCC2. The van der Waals surface area contributed by atoms with Gasteiger partial charge in [0.2, 0.25) is 5.91 Å². The molecule has 34 heavy (non-hydrogen) atoms. The normalized spacial score (nSPS) is 14.3. The van der Waals surface area contributed by atoms with Crippen LogP contribution in [0.2, 0.25) is 0 Å². The summed E-state index contributed by atoms with van der Waals surface area (Å²) in [6, 6.07) is 17.1. The number of amides is 2. The highest BCUT2D eigenvalue weighted by Gasteiger charge is 2.28. The molecule has 0 bridgehead atoms. The lowest BCUT2D eigenvalue weighted by molar-refractivity contribution is -0.121. The van der Waals surface area contributed by atoms with Crippen LogP contribution in [-0.2, 0) is 27.7 Å². The lowest BCUT2D eigenvalue weighted by Gasteiger charge is -2.14. The van der Waals surface area contributed by atoms with E-state index >= 15 is 0 Å². The largest absolute Gasteiger partial charge is 0.455 e. The van der Waals surface area contributed by atoms with Crippen molar-refractivity contribution in [2.45, 2.75) is 37.5 Å². The van der Waals surface area contributed by atoms with Crippen LogP contribution in [0.25, 0.3) is 0 Å². The van der Waals surface area contributed by atoms with E-state index in [-0.39, 0.29) is 23.0 Å². The molecule has 0 saturated heterocycles. The average Bonchev–Trinajstić information content (AvgIpc) is 3.19. The first-order valence-corrected chi connectivity index (χ1v) is 12.2. The van der Waals surface area contributed by atoms with E-state index < -0.39 is 15.9 Å². The lowest BCUT2D eigenvalue weighted by atomic mass is 9.93. The Morgan fingerprint density at radius 2 is 1.65 bits per heavy atom. The fraction of sp³-hybridized carbons (Fsp3) is 0.208. The molecule has 1 aliphatic carbocycles. The van der Waals surface area contributed by atoms with Gasteiger partial charge in [-0.05, 0) is 37.5 Å². The van der Waals surface area contributed by atoms with Gasteiger partial charge in [0.15, 0.2) is 5.76 Å². The number of furan rings is 1. The van der Waals surface area contributed by atoms with E-state index in [1.165, 1.54) is 12.1 Å². The van der Waals surface area contributed by atoms with Gasteiger partial charge >= 0.3 is 5.91 Å². The maximum absolute atomic E-state index is 12.7. The van der Waals surface area contributed by atoms with E-state index in [4.69, 9.17) is 4.42 Å². The van der Waals surface area contributed by atoms with E-state index in [1.54, 1.807) is 25.1 Å². The first-order valence-electron chi connectivity index (χ1n) is 10.7. The molecule has 1 aromatic heterocycles. The monoisotopic (exact) mass is 480 g/mol. The second-order valence-corrected chi connectivity index (χ2v) is 9.50. The molecule has 2 amide bonds. The summed E-state index contributed by atoms with van der Waals surface area (Å²) in [5.41, 5.74) is 7.22. The Kier molecular flexibility index (Phi) is 6.78. The van der Waals surface area contributed by atoms with Crippen molar-refractivity contribution < 1.29 is 22.4 Å². The molecule has 0 saturated carbocycles. The molecule has 1 heterocycles. The van der Waals surface area contributed by atoms with Gasteiger partial charge in [-0.1, -0.05) is 48.5 Å². The summed E-state index contributed by atoms with van der Waals surface area (Å²) in [5, 5.41) is 4.14. The van der Waals surface area contributed by atoms with Crippen LogP contribution in [0.3, 0.4) is 0 Å². The minimum absolute atomic E-state index is 0.0468. The van der Waals surface area contributed by atoms with E-state index in [0.29, 0.717) is 41.9 Å². The number of rotatable bonds is 6. The zero-order valence-corrected chi connectivity index (χ0v) is 19.3. The van der Waals surface area contributed by atoms with Gasteiger partial charge in [-0.15, -0.1) is 0 Å². The molecule has 0 fully saturated rings. The number of hydrazone groups is 1. The number of aryl methyl sites for hydroxylation is 1. The molecule has 3 aromatic rings. The Bertz CT molecular complexity index is 1330. The number of carbonyl (C=O) groups is 2. The lowest BCUT2D eigenvalue weighted by Crippen LogP contribution is -2.42. The quantitative estimate of drug-likeness (QED) is 0.467. The summed E-state index contributed by atoms with van der Waals surface area (Å²) in [5.74, 6) is -0.365. The number of fused-ring (bicyclic) bond motifs is 1. The molecule has 9 nitrogen and oxygen atoms in total. The Hall–Kier alpha value is -3.92. The molecule has 0 atom stereocenters. The zero-order chi connectivity index (χ0) is 24.1. The zero-order valence-electron chi connectivity index (χ0n) is 18.5. The summed E-state index contributed by atoms with van der Waals surface area (Å²) >= 11 is 0. The van der Waals surface area contributed by atoms with Gasteiger partial charge in [0.25, 0.3) is 10.0 Å². The van der Waals surface area contributed by atoms with E-state index in [9.17, 15) is 18.0 Å². The number of hydrogen-bond acceptors (Lipinski definition) is 6. The number of hydrazine groups is 1. The molecule has 10 heteroatoms. The van der Waals surface area contributed by atoms with Crippen LogP contribution in [0.1, 0.15) is 45.8 Å². The van der Waals surface area contributed by atoms with E-state index in [1.807, 2.05) is 30.3 Å². The topological polar surface area (TPSA) is 130 Å². The number of nitrogens with one attached hydrogen (secondary N) is 3. The molecule has 0 spiro atoms. The molecule has 0 unspecified atom stereocenters. The van der Waals surface area contributed by atoms with Crippen molar-refractivity contribution >= 4 is 27.5 Å².